The molecular weight excluding hydrogens is 299 g/mol. The van der Waals surface area contributed by atoms with Crippen molar-refractivity contribution in [3.05, 3.63) is 29.3 Å². The number of carbonyl (C=O) groups is 1. The van der Waals surface area contributed by atoms with Crippen LogP contribution >= 0.6 is 23.2 Å². The van der Waals surface area contributed by atoms with Gasteiger partial charge in [-0.1, -0.05) is 6.07 Å². The molecule has 4 nitrogen and oxygen atoms in total. The van der Waals surface area contributed by atoms with E-state index in [2.05, 4.69) is 0 Å². The largest absolute Gasteiger partial charge is 0.480 e. The zero-order chi connectivity index (χ0) is 14.8. The van der Waals surface area contributed by atoms with Gasteiger partial charge in [0.1, 0.15) is 5.54 Å². The van der Waals surface area contributed by atoms with Gasteiger partial charge in [-0.25, -0.2) is 4.79 Å². The van der Waals surface area contributed by atoms with Crippen molar-refractivity contribution < 1.29 is 9.90 Å². The molecule has 1 atom stereocenters. The topological polar surface area (TPSA) is 66.6 Å². The van der Waals surface area contributed by atoms with E-state index in [1.54, 1.807) is 0 Å². The molecule has 2 rings (SSSR count). The minimum atomic E-state index is -1.28. The molecule has 0 aromatic heterocycles. The molecule has 20 heavy (non-hydrogen) atoms. The Morgan fingerprint density at radius 3 is 2.55 bits per heavy atom. The highest BCUT2D eigenvalue weighted by Gasteiger charge is 2.42. The highest BCUT2D eigenvalue weighted by atomic mass is 35.5. The van der Waals surface area contributed by atoms with Crippen molar-refractivity contribution in [1.82, 2.24) is 0 Å². The summed E-state index contributed by atoms with van der Waals surface area (Å²) in [4.78, 5) is 13.5. The second-order valence-corrected chi connectivity index (χ2v) is 5.74. The third-order valence-electron chi connectivity index (χ3n) is 3.82. The molecule has 0 heterocycles. The Morgan fingerprint density at radius 1 is 1.35 bits per heavy atom. The number of carboxylic acids is 1. The molecule has 110 valence electrons. The van der Waals surface area contributed by atoms with Crippen LogP contribution in [-0.2, 0) is 16.8 Å². The molecule has 6 heteroatoms. The number of fused-ring (bicyclic) bond motifs is 1. The SMILES string of the molecule is NC1(C(=O)O)CCc2ccc(N(CCCl)CCCl)cc21. The van der Waals surface area contributed by atoms with Crippen LogP contribution in [0.5, 0.6) is 0 Å². The molecule has 1 unspecified atom stereocenters. The molecule has 1 aromatic carbocycles. The highest BCUT2D eigenvalue weighted by Crippen LogP contribution is 2.37. The van der Waals surface area contributed by atoms with Crippen LogP contribution in [0.15, 0.2) is 18.2 Å². The molecule has 0 spiro atoms. The number of aliphatic carboxylic acids is 1. The third kappa shape index (κ3) is 2.73. The lowest BCUT2D eigenvalue weighted by atomic mass is 9.93. The maximum absolute atomic E-state index is 11.4. The van der Waals surface area contributed by atoms with E-state index in [0.717, 1.165) is 11.3 Å². The van der Waals surface area contributed by atoms with Gasteiger partial charge in [-0.05, 0) is 36.1 Å². The summed E-state index contributed by atoms with van der Waals surface area (Å²) in [5.74, 6) is -0.00363. The molecule has 1 aliphatic carbocycles. The van der Waals surface area contributed by atoms with E-state index >= 15 is 0 Å². The Kier molecular flexibility index (Phi) is 4.78. The van der Waals surface area contributed by atoms with E-state index in [0.29, 0.717) is 43.3 Å². The van der Waals surface area contributed by atoms with Crippen LogP contribution in [0.25, 0.3) is 0 Å². The molecule has 0 saturated heterocycles. The van der Waals surface area contributed by atoms with E-state index in [4.69, 9.17) is 28.9 Å². The second-order valence-electron chi connectivity index (χ2n) is 4.98. The number of hydrogen-bond acceptors (Lipinski definition) is 3. The van der Waals surface area contributed by atoms with Gasteiger partial charge in [0.25, 0.3) is 0 Å². The van der Waals surface area contributed by atoms with Gasteiger partial charge in [0.05, 0.1) is 0 Å². The van der Waals surface area contributed by atoms with Crippen molar-refractivity contribution in [2.24, 2.45) is 5.73 Å². The molecule has 1 aliphatic rings. The molecular formula is C14H18Cl2N2O2. The van der Waals surface area contributed by atoms with Crippen LogP contribution in [-0.4, -0.2) is 35.9 Å². The van der Waals surface area contributed by atoms with Crippen molar-refractivity contribution in [2.45, 2.75) is 18.4 Å². The maximum atomic E-state index is 11.4. The molecule has 0 saturated carbocycles. The summed E-state index contributed by atoms with van der Waals surface area (Å²) in [6, 6.07) is 5.80. The van der Waals surface area contributed by atoms with Gasteiger partial charge in [-0.3, -0.25) is 0 Å². The molecule has 0 radical (unpaired) electrons. The maximum Gasteiger partial charge on any atom is 0.328 e. The second kappa shape index (κ2) is 6.20. The zero-order valence-corrected chi connectivity index (χ0v) is 12.6. The Labute approximate surface area is 128 Å². The van der Waals surface area contributed by atoms with Gasteiger partial charge >= 0.3 is 5.97 Å². The number of rotatable bonds is 6. The number of anilines is 1. The Hall–Kier alpha value is -0.970. The fourth-order valence-corrected chi connectivity index (χ4v) is 3.07. The number of alkyl halides is 2. The lowest BCUT2D eigenvalue weighted by molar-refractivity contribution is -0.143. The lowest BCUT2D eigenvalue weighted by Crippen LogP contribution is -2.42. The Bertz CT molecular complexity index is 504. The summed E-state index contributed by atoms with van der Waals surface area (Å²) in [5, 5.41) is 9.37. The molecule has 0 bridgehead atoms. The van der Waals surface area contributed by atoms with Crippen LogP contribution in [0.3, 0.4) is 0 Å². The first-order valence-corrected chi connectivity index (χ1v) is 7.62. The fourth-order valence-electron chi connectivity index (χ4n) is 2.66. The van der Waals surface area contributed by atoms with Gasteiger partial charge < -0.3 is 15.7 Å². The summed E-state index contributed by atoms with van der Waals surface area (Å²) >= 11 is 11.6. The van der Waals surface area contributed by atoms with Crippen molar-refractivity contribution in [3.8, 4) is 0 Å². The standard InChI is InChI=1S/C14H18Cl2N2O2/c15-5-7-18(8-6-16)11-2-1-10-3-4-14(17,13(19)20)12(10)9-11/h1-2,9H,3-8,17H2,(H,19,20). The fraction of sp³-hybridized carbons (Fsp3) is 0.500. The summed E-state index contributed by atoms with van der Waals surface area (Å²) in [5.41, 5.74) is 7.42. The van der Waals surface area contributed by atoms with Crippen LogP contribution in [0.2, 0.25) is 0 Å². The van der Waals surface area contributed by atoms with Crippen LogP contribution in [0.4, 0.5) is 5.69 Å². The minimum Gasteiger partial charge on any atom is -0.480 e. The third-order valence-corrected chi connectivity index (χ3v) is 4.16. The molecule has 3 N–H and O–H groups in total. The number of benzene rings is 1. The number of nitrogens with two attached hydrogens (primary N) is 1. The number of halogens is 2. The van der Waals surface area contributed by atoms with E-state index in [1.807, 2.05) is 23.1 Å². The van der Waals surface area contributed by atoms with E-state index < -0.39 is 11.5 Å². The quantitative estimate of drug-likeness (QED) is 0.789. The Morgan fingerprint density at radius 2 is 2.00 bits per heavy atom. The van der Waals surface area contributed by atoms with Gasteiger partial charge in [0.15, 0.2) is 0 Å². The first-order chi connectivity index (χ1) is 9.52. The first-order valence-electron chi connectivity index (χ1n) is 6.55. The molecule has 0 amide bonds. The molecule has 0 aliphatic heterocycles. The monoisotopic (exact) mass is 316 g/mol. The highest BCUT2D eigenvalue weighted by molar-refractivity contribution is 6.18. The van der Waals surface area contributed by atoms with E-state index in [1.165, 1.54) is 0 Å². The average molecular weight is 317 g/mol. The summed E-state index contributed by atoms with van der Waals surface area (Å²) in [7, 11) is 0. The number of aryl methyl sites for hydroxylation is 1. The van der Waals surface area contributed by atoms with E-state index in [-0.39, 0.29) is 0 Å². The predicted octanol–water partition coefficient (Wildman–Crippen LogP) is 2.16. The van der Waals surface area contributed by atoms with Crippen molar-refractivity contribution in [1.29, 1.82) is 0 Å². The van der Waals surface area contributed by atoms with Crippen molar-refractivity contribution in [2.75, 3.05) is 29.7 Å². The van der Waals surface area contributed by atoms with Gasteiger partial charge in [0.2, 0.25) is 0 Å². The number of carboxylic acid groups (broad SMARTS) is 1. The number of hydrogen-bond donors (Lipinski definition) is 2. The first kappa shape index (κ1) is 15.4. The normalized spacial score (nSPS) is 20.8. The minimum absolute atomic E-state index is 0.437. The zero-order valence-electron chi connectivity index (χ0n) is 11.1. The van der Waals surface area contributed by atoms with Gasteiger partial charge in [-0.2, -0.15) is 0 Å². The van der Waals surface area contributed by atoms with Crippen LogP contribution in [0.1, 0.15) is 17.5 Å². The molecule has 0 fully saturated rings. The smallest absolute Gasteiger partial charge is 0.328 e. The van der Waals surface area contributed by atoms with Crippen molar-refractivity contribution >= 4 is 34.9 Å². The predicted molar refractivity (Wildman–Crippen MR) is 81.9 cm³/mol. The summed E-state index contributed by atoms with van der Waals surface area (Å²) in [6.45, 7) is 1.33. The lowest BCUT2D eigenvalue weighted by Gasteiger charge is -2.26. The Balaban J connectivity index is 2.37. The van der Waals surface area contributed by atoms with E-state index in [9.17, 15) is 9.90 Å². The van der Waals surface area contributed by atoms with Crippen LogP contribution in [0, 0.1) is 0 Å². The average Bonchev–Trinajstić information content (AvgIpc) is 2.77. The van der Waals surface area contributed by atoms with Gasteiger partial charge in [0, 0.05) is 30.5 Å². The summed E-state index contributed by atoms with van der Waals surface area (Å²) < 4.78 is 0. The van der Waals surface area contributed by atoms with Crippen LogP contribution < -0.4 is 10.6 Å². The van der Waals surface area contributed by atoms with Gasteiger partial charge in [-0.15, -0.1) is 23.2 Å². The summed E-state index contributed by atoms with van der Waals surface area (Å²) in [6.07, 6.45) is 1.13. The van der Waals surface area contributed by atoms with Crippen molar-refractivity contribution in [3.63, 3.8) is 0 Å². The number of nitrogens with zero attached hydrogens (tertiary/aromatic N) is 1. The molecule has 1 aromatic rings.